The van der Waals surface area contributed by atoms with E-state index in [0.29, 0.717) is 5.82 Å². The monoisotopic (exact) mass is 237 g/mol. The number of nitrogens with zero attached hydrogens (tertiary/aromatic N) is 2. The molecule has 0 aliphatic heterocycles. The molecule has 0 atom stereocenters. The van der Waals surface area contributed by atoms with E-state index in [1.165, 1.54) is 0 Å². The standard InChI is InChI=1S/C15H15N3/c1-4-13-14(5-2)16-11(3)17-15(13)18-12-9-7-6-8-10-12/h4-10H,1-2H2,3H3,(H,16,17,18). The van der Waals surface area contributed by atoms with Crippen LogP contribution in [0.1, 0.15) is 17.1 Å². The third-order valence-corrected chi connectivity index (χ3v) is 2.52. The molecule has 18 heavy (non-hydrogen) atoms. The molecule has 0 aliphatic carbocycles. The lowest BCUT2D eigenvalue weighted by Crippen LogP contribution is -2.02. The van der Waals surface area contributed by atoms with Gasteiger partial charge in [-0.1, -0.05) is 37.4 Å². The Kier molecular flexibility index (Phi) is 3.53. The van der Waals surface area contributed by atoms with Gasteiger partial charge in [0.15, 0.2) is 0 Å². The Labute approximate surface area is 107 Å². The molecule has 0 radical (unpaired) electrons. The summed E-state index contributed by atoms with van der Waals surface area (Å²) < 4.78 is 0. The lowest BCUT2D eigenvalue weighted by atomic mass is 10.2. The summed E-state index contributed by atoms with van der Waals surface area (Å²) in [4.78, 5) is 8.73. The van der Waals surface area contributed by atoms with Crippen LogP contribution in [-0.4, -0.2) is 9.97 Å². The Hall–Kier alpha value is -2.42. The molecule has 1 N–H and O–H groups in total. The van der Waals surface area contributed by atoms with Crippen LogP contribution in [0.3, 0.4) is 0 Å². The predicted molar refractivity (Wildman–Crippen MR) is 76.7 cm³/mol. The summed E-state index contributed by atoms with van der Waals surface area (Å²) in [5.74, 6) is 1.45. The number of rotatable bonds is 4. The Balaban J connectivity index is 2.46. The van der Waals surface area contributed by atoms with Crippen LogP contribution in [0.5, 0.6) is 0 Å². The van der Waals surface area contributed by atoms with Crippen molar-refractivity contribution < 1.29 is 0 Å². The van der Waals surface area contributed by atoms with Crippen LogP contribution in [0.15, 0.2) is 43.5 Å². The van der Waals surface area contributed by atoms with E-state index in [1.807, 2.05) is 37.3 Å². The molecule has 1 heterocycles. The van der Waals surface area contributed by atoms with Crippen molar-refractivity contribution in [3.8, 4) is 0 Å². The van der Waals surface area contributed by atoms with E-state index in [4.69, 9.17) is 0 Å². The largest absolute Gasteiger partial charge is 0.340 e. The van der Waals surface area contributed by atoms with Gasteiger partial charge in [0.25, 0.3) is 0 Å². The number of benzene rings is 1. The molecule has 2 aromatic rings. The summed E-state index contributed by atoms with van der Waals surface area (Å²) in [7, 11) is 0. The van der Waals surface area contributed by atoms with Crippen LogP contribution in [-0.2, 0) is 0 Å². The van der Waals surface area contributed by atoms with Gasteiger partial charge in [-0.15, -0.1) is 0 Å². The number of aromatic nitrogens is 2. The van der Waals surface area contributed by atoms with Crippen molar-refractivity contribution in [1.29, 1.82) is 0 Å². The van der Waals surface area contributed by atoms with Gasteiger partial charge in [-0.25, -0.2) is 9.97 Å². The maximum atomic E-state index is 4.41. The van der Waals surface area contributed by atoms with Crippen LogP contribution >= 0.6 is 0 Å². The van der Waals surface area contributed by atoms with Gasteiger partial charge in [0.05, 0.1) is 5.69 Å². The van der Waals surface area contributed by atoms with E-state index in [2.05, 4.69) is 28.4 Å². The van der Waals surface area contributed by atoms with E-state index in [9.17, 15) is 0 Å². The van der Waals surface area contributed by atoms with E-state index < -0.39 is 0 Å². The number of hydrogen-bond acceptors (Lipinski definition) is 3. The van der Waals surface area contributed by atoms with Crippen molar-refractivity contribution in [1.82, 2.24) is 9.97 Å². The zero-order valence-electron chi connectivity index (χ0n) is 10.4. The van der Waals surface area contributed by atoms with Crippen molar-refractivity contribution in [2.24, 2.45) is 0 Å². The summed E-state index contributed by atoms with van der Waals surface area (Å²) >= 11 is 0. The van der Waals surface area contributed by atoms with Crippen molar-refractivity contribution in [2.45, 2.75) is 6.92 Å². The predicted octanol–water partition coefficient (Wildman–Crippen LogP) is 3.81. The van der Waals surface area contributed by atoms with E-state index in [0.717, 1.165) is 22.8 Å². The fraction of sp³-hybridized carbons (Fsp3) is 0.0667. The third kappa shape index (κ3) is 2.46. The van der Waals surface area contributed by atoms with Crippen molar-refractivity contribution in [3.63, 3.8) is 0 Å². The Morgan fingerprint density at radius 3 is 2.39 bits per heavy atom. The fourth-order valence-electron chi connectivity index (χ4n) is 1.71. The Morgan fingerprint density at radius 1 is 1.06 bits per heavy atom. The SMILES string of the molecule is C=Cc1nc(C)nc(Nc2ccccc2)c1C=C. The molecule has 0 saturated heterocycles. The Morgan fingerprint density at radius 2 is 1.78 bits per heavy atom. The normalized spacial score (nSPS) is 9.83. The first-order chi connectivity index (χ1) is 8.74. The average molecular weight is 237 g/mol. The molecule has 0 aliphatic rings. The minimum Gasteiger partial charge on any atom is -0.340 e. The molecule has 0 spiro atoms. The highest BCUT2D eigenvalue weighted by Crippen LogP contribution is 2.22. The molecule has 90 valence electrons. The van der Waals surface area contributed by atoms with Gasteiger partial charge < -0.3 is 5.32 Å². The first-order valence-electron chi connectivity index (χ1n) is 5.70. The van der Waals surface area contributed by atoms with E-state index >= 15 is 0 Å². The second-order valence-electron chi connectivity index (χ2n) is 3.82. The summed E-state index contributed by atoms with van der Waals surface area (Å²) in [5, 5.41) is 3.27. The molecular weight excluding hydrogens is 222 g/mol. The quantitative estimate of drug-likeness (QED) is 0.878. The number of aryl methyl sites for hydroxylation is 1. The van der Waals surface area contributed by atoms with Gasteiger partial charge in [-0.3, -0.25) is 0 Å². The lowest BCUT2D eigenvalue weighted by Gasteiger charge is -2.11. The smallest absolute Gasteiger partial charge is 0.141 e. The first kappa shape index (κ1) is 12.0. The van der Waals surface area contributed by atoms with Gasteiger partial charge in [0, 0.05) is 11.3 Å². The summed E-state index contributed by atoms with van der Waals surface area (Å²) in [6.45, 7) is 9.42. The topological polar surface area (TPSA) is 37.8 Å². The maximum absolute atomic E-state index is 4.41. The molecule has 3 heteroatoms. The average Bonchev–Trinajstić information content (AvgIpc) is 2.39. The number of anilines is 2. The minimum atomic E-state index is 0.703. The van der Waals surface area contributed by atoms with Crippen molar-refractivity contribution in [3.05, 3.63) is 60.6 Å². The molecule has 0 unspecified atom stereocenters. The zero-order chi connectivity index (χ0) is 13.0. The molecular formula is C15H15N3. The van der Waals surface area contributed by atoms with Crippen LogP contribution in [0.25, 0.3) is 12.2 Å². The summed E-state index contributed by atoms with van der Waals surface area (Å²) in [6, 6.07) is 9.88. The van der Waals surface area contributed by atoms with Gasteiger partial charge >= 0.3 is 0 Å². The van der Waals surface area contributed by atoms with Crippen LogP contribution in [0.2, 0.25) is 0 Å². The molecule has 0 fully saturated rings. The highest BCUT2D eigenvalue weighted by atomic mass is 15.0. The molecule has 0 amide bonds. The van der Waals surface area contributed by atoms with Crippen molar-refractivity contribution in [2.75, 3.05) is 5.32 Å². The number of nitrogens with one attached hydrogen (secondary N) is 1. The second kappa shape index (κ2) is 5.27. The fourth-order valence-corrected chi connectivity index (χ4v) is 1.71. The first-order valence-corrected chi connectivity index (χ1v) is 5.70. The molecule has 3 nitrogen and oxygen atoms in total. The van der Waals surface area contributed by atoms with Gasteiger partial charge in [0.1, 0.15) is 11.6 Å². The number of hydrogen-bond donors (Lipinski definition) is 1. The molecule has 1 aromatic heterocycles. The Bertz CT molecular complexity index is 574. The van der Waals surface area contributed by atoms with Crippen LogP contribution in [0.4, 0.5) is 11.5 Å². The molecule has 2 rings (SSSR count). The molecule has 0 bridgehead atoms. The van der Waals surface area contributed by atoms with Crippen LogP contribution in [0, 0.1) is 6.92 Å². The van der Waals surface area contributed by atoms with Crippen LogP contribution < -0.4 is 5.32 Å². The van der Waals surface area contributed by atoms with E-state index in [-0.39, 0.29) is 0 Å². The second-order valence-corrected chi connectivity index (χ2v) is 3.82. The zero-order valence-corrected chi connectivity index (χ0v) is 10.4. The lowest BCUT2D eigenvalue weighted by molar-refractivity contribution is 1.04. The van der Waals surface area contributed by atoms with E-state index in [1.54, 1.807) is 12.2 Å². The van der Waals surface area contributed by atoms with Gasteiger partial charge in [-0.2, -0.15) is 0 Å². The number of para-hydroxylation sites is 1. The molecule has 1 aromatic carbocycles. The van der Waals surface area contributed by atoms with Gasteiger partial charge in [-0.05, 0) is 25.1 Å². The maximum Gasteiger partial charge on any atom is 0.141 e. The van der Waals surface area contributed by atoms with Crippen molar-refractivity contribution >= 4 is 23.7 Å². The highest BCUT2D eigenvalue weighted by molar-refractivity contribution is 5.73. The third-order valence-electron chi connectivity index (χ3n) is 2.52. The minimum absolute atomic E-state index is 0.703. The molecule has 0 saturated carbocycles. The van der Waals surface area contributed by atoms with Gasteiger partial charge in [0.2, 0.25) is 0 Å². The highest BCUT2D eigenvalue weighted by Gasteiger charge is 2.08. The summed E-state index contributed by atoms with van der Waals surface area (Å²) in [6.07, 6.45) is 3.45. The summed E-state index contributed by atoms with van der Waals surface area (Å²) in [5.41, 5.74) is 2.63.